The summed E-state index contributed by atoms with van der Waals surface area (Å²) < 4.78 is 52.2. The quantitative estimate of drug-likeness (QED) is 0.232. The first-order valence-corrected chi connectivity index (χ1v) is 12.5. The van der Waals surface area contributed by atoms with Gasteiger partial charge in [0, 0.05) is 32.0 Å². The van der Waals surface area contributed by atoms with Crippen LogP contribution in [0.5, 0.6) is 0 Å². The van der Waals surface area contributed by atoms with Gasteiger partial charge in [0.05, 0.1) is 36.9 Å². The average Bonchev–Trinajstić information content (AvgIpc) is 3.25. The number of carbonyl (C=O) groups excluding carboxylic acids is 2. The number of anilines is 2. The Balaban J connectivity index is 1.69. The van der Waals surface area contributed by atoms with E-state index in [4.69, 9.17) is 9.47 Å². The Morgan fingerprint density at radius 2 is 1.75 bits per heavy atom. The predicted octanol–water partition coefficient (Wildman–Crippen LogP) is 5.67. The minimum Gasteiger partial charge on any atom is -0.464 e. The number of halogens is 3. The van der Waals surface area contributed by atoms with Gasteiger partial charge in [0.2, 0.25) is 5.91 Å². The van der Waals surface area contributed by atoms with Crippen molar-refractivity contribution in [3.63, 3.8) is 0 Å². The number of esters is 1. The van der Waals surface area contributed by atoms with Crippen molar-refractivity contribution in [2.75, 3.05) is 31.5 Å². The van der Waals surface area contributed by atoms with Crippen molar-refractivity contribution < 1.29 is 32.2 Å². The van der Waals surface area contributed by atoms with Crippen LogP contribution in [0.2, 0.25) is 0 Å². The third kappa shape index (κ3) is 6.60. The molecular weight excluding hydrogens is 525 g/mol. The highest BCUT2D eigenvalue weighted by atomic mass is 19.4. The maximum absolute atomic E-state index is 13.4. The summed E-state index contributed by atoms with van der Waals surface area (Å²) in [6, 6.07) is 16.4. The largest absolute Gasteiger partial charge is 0.464 e. The summed E-state index contributed by atoms with van der Waals surface area (Å²) in [5, 5.41) is 6.26. The van der Waals surface area contributed by atoms with E-state index < -0.39 is 17.7 Å². The second-order valence-corrected chi connectivity index (χ2v) is 9.00. The zero-order valence-electron chi connectivity index (χ0n) is 22.0. The summed E-state index contributed by atoms with van der Waals surface area (Å²) in [6.45, 7) is 0.386. The van der Waals surface area contributed by atoms with Gasteiger partial charge in [-0.05, 0) is 29.7 Å². The molecule has 2 aromatic carbocycles. The highest BCUT2D eigenvalue weighted by Crippen LogP contribution is 2.34. The highest BCUT2D eigenvalue weighted by molar-refractivity contribution is 6.11. The number of ether oxygens (including phenoxy) is 2. The summed E-state index contributed by atoms with van der Waals surface area (Å²) >= 11 is 0. The number of pyridine rings is 1. The van der Waals surface area contributed by atoms with Crippen molar-refractivity contribution in [3.8, 4) is 0 Å². The Morgan fingerprint density at radius 3 is 2.45 bits per heavy atom. The van der Waals surface area contributed by atoms with Crippen LogP contribution in [0.4, 0.5) is 24.5 Å². The fourth-order valence-electron chi connectivity index (χ4n) is 4.41. The molecule has 0 spiro atoms. The number of aromatic nitrogens is 2. The van der Waals surface area contributed by atoms with Crippen LogP contribution in [0, 0.1) is 0 Å². The SMILES string of the molecule is COCCn1c(C(=O)OC)c(NC(=O)CCc2ccccc2)c2cc(NCc3ccccc3C(F)(F)F)cnc21. The van der Waals surface area contributed by atoms with E-state index in [1.165, 1.54) is 38.6 Å². The average molecular weight is 555 g/mol. The van der Waals surface area contributed by atoms with Crippen LogP contribution in [0.25, 0.3) is 11.0 Å². The highest BCUT2D eigenvalue weighted by Gasteiger charge is 2.33. The minimum absolute atomic E-state index is 0.0671. The molecule has 210 valence electrons. The topological polar surface area (TPSA) is 94.5 Å². The fraction of sp³-hybridized carbons (Fsp3) is 0.276. The number of carbonyl (C=O) groups is 2. The maximum Gasteiger partial charge on any atom is 0.416 e. The number of benzene rings is 2. The molecule has 11 heteroatoms. The van der Waals surface area contributed by atoms with Crippen LogP contribution in [0.15, 0.2) is 66.9 Å². The summed E-state index contributed by atoms with van der Waals surface area (Å²) in [7, 11) is 2.75. The molecule has 0 bridgehead atoms. The molecule has 8 nitrogen and oxygen atoms in total. The van der Waals surface area contributed by atoms with Crippen molar-refractivity contribution in [1.82, 2.24) is 9.55 Å². The molecule has 40 heavy (non-hydrogen) atoms. The molecule has 4 aromatic rings. The molecule has 0 atom stereocenters. The Morgan fingerprint density at radius 1 is 1.02 bits per heavy atom. The van der Waals surface area contributed by atoms with Gasteiger partial charge in [-0.25, -0.2) is 9.78 Å². The summed E-state index contributed by atoms with van der Waals surface area (Å²) in [5.74, 6) is -1.00. The molecule has 0 aliphatic rings. The van der Waals surface area contributed by atoms with Crippen molar-refractivity contribution in [1.29, 1.82) is 0 Å². The zero-order valence-corrected chi connectivity index (χ0v) is 22.0. The van der Waals surface area contributed by atoms with Crippen LogP contribution in [0.1, 0.15) is 33.6 Å². The zero-order chi connectivity index (χ0) is 28.7. The van der Waals surface area contributed by atoms with E-state index in [1.807, 2.05) is 30.3 Å². The number of hydrogen-bond donors (Lipinski definition) is 2. The van der Waals surface area contributed by atoms with Crippen molar-refractivity contribution in [3.05, 3.63) is 89.2 Å². The lowest BCUT2D eigenvalue weighted by molar-refractivity contribution is -0.138. The van der Waals surface area contributed by atoms with Gasteiger partial charge in [0.25, 0.3) is 0 Å². The molecule has 0 radical (unpaired) electrons. The van der Waals surface area contributed by atoms with Gasteiger partial charge in [-0.15, -0.1) is 0 Å². The Hall–Kier alpha value is -4.38. The van der Waals surface area contributed by atoms with Crippen molar-refractivity contribution in [2.24, 2.45) is 0 Å². The smallest absolute Gasteiger partial charge is 0.416 e. The van der Waals surface area contributed by atoms with Crippen molar-refractivity contribution in [2.45, 2.75) is 32.1 Å². The van der Waals surface area contributed by atoms with Crippen LogP contribution >= 0.6 is 0 Å². The van der Waals surface area contributed by atoms with Crippen LogP contribution in [0.3, 0.4) is 0 Å². The fourth-order valence-corrected chi connectivity index (χ4v) is 4.41. The first-order chi connectivity index (χ1) is 19.2. The Kier molecular flexibility index (Phi) is 9.05. The van der Waals surface area contributed by atoms with E-state index in [0.29, 0.717) is 23.1 Å². The van der Waals surface area contributed by atoms with Gasteiger partial charge in [-0.2, -0.15) is 13.2 Å². The standard InChI is InChI=1S/C29H29F3N4O4/c1-39-15-14-36-26(28(38)40-2)25(35-24(37)13-12-19-8-4-3-5-9-19)22-16-21(18-34-27(22)36)33-17-20-10-6-7-11-23(20)29(30,31)32/h3-11,16,18,33H,12-15,17H2,1-2H3,(H,35,37). The molecule has 0 fully saturated rings. The van der Waals surface area contributed by atoms with E-state index in [-0.39, 0.29) is 49.0 Å². The molecule has 2 N–H and O–H groups in total. The van der Waals surface area contributed by atoms with Gasteiger partial charge < -0.3 is 24.7 Å². The van der Waals surface area contributed by atoms with E-state index in [9.17, 15) is 22.8 Å². The molecule has 2 aromatic heterocycles. The lowest BCUT2D eigenvalue weighted by Gasteiger charge is -2.14. The van der Waals surface area contributed by atoms with E-state index in [1.54, 1.807) is 10.6 Å². The number of aryl methyl sites for hydroxylation is 1. The molecule has 0 saturated carbocycles. The molecule has 2 heterocycles. The lowest BCUT2D eigenvalue weighted by Crippen LogP contribution is -2.18. The molecule has 0 saturated heterocycles. The normalized spacial score (nSPS) is 11.4. The van der Waals surface area contributed by atoms with Gasteiger partial charge in [0.15, 0.2) is 5.69 Å². The van der Waals surface area contributed by atoms with E-state index in [2.05, 4.69) is 15.6 Å². The third-order valence-corrected chi connectivity index (χ3v) is 6.35. The third-order valence-electron chi connectivity index (χ3n) is 6.35. The molecule has 0 aliphatic heterocycles. The summed E-state index contributed by atoms with van der Waals surface area (Å²) in [4.78, 5) is 30.4. The number of nitrogens with zero attached hydrogens (tertiary/aromatic N) is 2. The number of amides is 1. The molecule has 0 unspecified atom stereocenters. The summed E-state index contributed by atoms with van der Waals surface area (Å²) in [5.41, 5.74) is 1.42. The minimum atomic E-state index is -4.49. The second-order valence-electron chi connectivity index (χ2n) is 9.00. The van der Waals surface area contributed by atoms with Gasteiger partial charge in [-0.3, -0.25) is 4.79 Å². The van der Waals surface area contributed by atoms with Crippen molar-refractivity contribution >= 4 is 34.3 Å². The maximum atomic E-state index is 13.4. The number of rotatable bonds is 11. The van der Waals surface area contributed by atoms with Crippen LogP contribution in [-0.2, 0) is 40.0 Å². The van der Waals surface area contributed by atoms with Gasteiger partial charge in [0.1, 0.15) is 5.65 Å². The first kappa shape index (κ1) is 28.6. The molecule has 4 rings (SSSR count). The molecule has 1 amide bonds. The number of alkyl halides is 3. The van der Waals surface area contributed by atoms with Gasteiger partial charge >= 0.3 is 12.1 Å². The Labute approximate surface area is 229 Å². The van der Waals surface area contributed by atoms with Crippen LogP contribution in [-0.4, -0.2) is 42.3 Å². The number of methoxy groups -OCH3 is 2. The summed E-state index contributed by atoms with van der Waals surface area (Å²) in [6.07, 6.45) is -2.38. The first-order valence-electron chi connectivity index (χ1n) is 12.5. The van der Waals surface area contributed by atoms with Crippen LogP contribution < -0.4 is 10.6 Å². The Bertz CT molecular complexity index is 1490. The lowest BCUT2D eigenvalue weighted by atomic mass is 10.1. The van der Waals surface area contributed by atoms with E-state index >= 15 is 0 Å². The molecule has 0 aliphatic carbocycles. The van der Waals surface area contributed by atoms with E-state index in [0.717, 1.165) is 11.6 Å². The number of fused-ring (bicyclic) bond motifs is 1. The number of nitrogens with one attached hydrogen (secondary N) is 2. The molecular formula is C29H29F3N4O4. The number of hydrogen-bond acceptors (Lipinski definition) is 6. The second kappa shape index (κ2) is 12.6. The monoisotopic (exact) mass is 554 g/mol. The predicted molar refractivity (Wildman–Crippen MR) is 145 cm³/mol. The van der Waals surface area contributed by atoms with Gasteiger partial charge in [-0.1, -0.05) is 48.5 Å².